The molecule has 8 nitrogen and oxygen atoms in total. The smallest absolute Gasteiger partial charge is 0.203 e. The van der Waals surface area contributed by atoms with E-state index in [2.05, 4.69) is 57.7 Å². The summed E-state index contributed by atoms with van der Waals surface area (Å²) >= 11 is 1.79. The Kier molecular flexibility index (Phi) is 6.47. The number of hydrogen-bond donors (Lipinski definition) is 0. The van der Waals surface area contributed by atoms with Gasteiger partial charge in [0.1, 0.15) is 0 Å². The van der Waals surface area contributed by atoms with Crippen molar-refractivity contribution in [2.75, 3.05) is 42.7 Å². The van der Waals surface area contributed by atoms with E-state index < -0.39 is 0 Å². The number of ether oxygens (including phenoxy) is 6. The first kappa shape index (κ1) is 26.9. The summed E-state index contributed by atoms with van der Waals surface area (Å²) in [4.78, 5) is 0. The molecule has 7 rings (SSSR count). The molecule has 4 aromatic carbocycles. The quantitative estimate of drug-likeness (QED) is 0.178. The van der Waals surface area contributed by atoms with Crippen LogP contribution in [0.15, 0.2) is 72.8 Å². The summed E-state index contributed by atoms with van der Waals surface area (Å²) in [5.74, 6) is 3.42. The summed E-state index contributed by atoms with van der Waals surface area (Å²) in [5, 5.41) is 2.32. The van der Waals surface area contributed by atoms with Crippen molar-refractivity contribution < 1.29 is 28.4 Å². The van der Waals surface area contributed by atoms with Crippen LogP contribution in [0, 0.1) is 0 Å². The molecule has 9 heteroatoms. The molecule has 0 aliphatic carbocycles. The van der Waals surface area contributed by atoms with Crippen molar-refractivity contribution >= 4 is 53.6 Å². The van der Waals surface area contributed by atoms with Gasteiger partial charge in [0, 0.05) is 35.0 Å². The maximum absolute atomic E-state index is 5.76. The van der Waals surface area contributed by atoms with Crippen LogP contribution in [0.1, 0.15) is 0 Å². The molecule has 0 amide bonds. The van der Waals surface area contributed by atoms with Gasteiger partial charge in [-0.2, -0.15) is 0 Å². The van der Waals surface area contributed by atoms with Gasteiger partial charge < -0.3 is 37.6 Å². The first-order chi connectivity index (χ1) is 21.1. The van der Waals surface area contributed by atoms with Crippen LogP contribution in [0.3, 0.4) is 0 Å². The molecule has 0 aliphatic rings. The van der Waals surface area contributed by atoms with E-state index in [9.17, 15) is 0 Å². The van der Waals surface area contributed by atoms with Crippen molar-refractivity contribution in [1.29, 1.82) is 0 Å². The maximum Gasteiger partial charge on any atom is 0.203 e. The molecule has 3 heterocycles. The third kappa shape index (κ3) is 3.81. The molecule has 0 atom stereocenters. The van der Waals surface area contributed by atoms with Crippen LogP contribution in [0.4, 0.5) is 0 Å². The molecule has 0 saturated carbocycles. The highest BCUT2D eigenvalue weighted by molar-refractivity contribution is 7.27. The minimum absolute atomic E-state index is 0.545. The molecular weight excluding hydrogens is 564 g/mol. The molecule has 3 aromatic heterocycles. The van der Waals surface area contributed by atoms with Gasteiger partial charge in [0.05, 0.1) is 85.5 Å². The van der Waals surface area contributed by atoms with E-state index in [1.54, 1.807) is 54.0 Å². The largest absolute Gasteiger partial charge is 0.493 e. The van der Waals surface area contributed by atoms with E-state index in [-0.39, 0.29) is 0 Å². The second-order valence-corrected chi connectivity index (χ2v) is 11.0. The van der Waals surface area contributed by atoms with E-state index in [4.69, 9.17) is 28.4 Å². The summed E-state index contributed by atoms with van der Waals surface area (Å²) in [5.41, 5.74) is 6.06. The molecular formula is C34H30N2O6S. The SMILES string of the molecule is COc1cc(-n2c3ccccc3c3sc4c5ccccc5n(-c5cc(OC)c(OC)c(OC)c5)c4c32)cc(OC)c1OC. The molecule has 0 aliphatic heterocycles. The average molecular weight is 595 g/mol. The van der Waals surface area contributed by atoms with E-state index >= 15 is 0 Å². The molecule has 7 aromatic rings. The van der Waals surface area contributed by atoms with Crippen molar-refractivity contribution in [3.63, 3.8) is 0 Å². The molecule has 218 valence electrons. The van der Waals surface area contributed by atoms with Gasteiger partial charge in [0.2, 0.25) is 11.5 Å². The van der Waals surface area contributed by atoms with Crippen LogP contribution in [-0.4, -0.2) is 51.8 Å². The molecule has 0 bridgehead atoms. The molecule has 0 spiro atoms. The van der Waals surface area contributed by atoms with Gasteiger partial charge in [-0.15, -0.1) is 11.3 Å². The summed E-state index contributed by atoms with van der Waals surface area (Å²) in [6.45, 7) is 0. The number of rotatable bonds is 8. The second-order valence-electron chi connectivity index (χ2n) is 9.93. The average Bonchev–Trinajstić information content (AvgIpc) is 3.69. The van der Waals surface area contributed by atoms with Crippen LogP contribution in [0.25, 0.3) is 53.6 Å². The summed E-state index contributed by atoms with van der Waals surface area (Å²) in [7, 11) is 9.76. The van der Waals surface area contributed by atoms with Gasteiger partial charge in [-0.1, -0.05) is 36.4 Å². The molecule has 0 radical (unpaired) electrons. The topological polar surface area (TPSA) is 65.2 Å². The van der Waals surface area contributed by atoms with Crippen LogP contribution < -0.4 is 28.4 Å². The molecule has 0 unspecified atom stereocenters. The predicted molar refractivity (Wildman–Crippen MR) is 172 cm³/mol. The van der Waals surface area contributed by atoms with E-state index in [0.29, 0.717) is 34.5 Å². The van der Waals surface area contributed by atoms with Gasteiger partial charge in [-0.25, -0.2) is 0 Å². The lowest BCUT2D eigenvalue weighted by molar-refractivity contribution is 0.324. The third-order valence-corrected chi connectivity index (χ3v) is 9.14. The number of nitrogens with zero attached hydrogens (tertiary/aromatic N) is 2. The zero-order valence-corrected chi connectivity index (χ0v) is 25.5. The zero-order chi connectivity index (χ0) is 29.8. The number of para-hydroxylation sites is 2. The Balaban J connectivity index is 1.68. The van der Waals surface area contributed by atoms with Gasteiger partial charge in [-0.05, 0) is 12.1 Å². The Bertz CT molecular complexity index is 1970. The highest BCUT2D eigenvalue weighted by atomic mass is 32.1. The van der Waals surface area contributed by atoms with Gasteiger partial charge in [0.25, 0.3) is 0 Å². The Hall–Kier alpha value is -5.02. The molecule has 43 heavy (non-hydrogen) atoms. The first-order valence-electron chi connectivity index (χ1n) is 13.6. The van der Waals surface area contributed by atoms with Gasteiger partial charge in [-0.3, -0.25) is 0 Å². The lowest BCUT2D eigenvalue weighted by atomic mass is 10.2. The second kappa shape index (κ2) is 10.4. The van der Waals surface area contributed by atoms with Crippen LogP contribution in [0.5, 0.6) is 34.5 Å². The molecule has 0 fully saturated rings. The Morgan fingerprint density at radius 1 is 0.465 bits per heavy atom. The summed E-state index contributed by atoms with van der Waals surface area (Å²) in [6.07, 6.45) is 0. The van der Waals surface area contributed by atoms with Crippen molar-refractivity contribution in [3.8, 4) is 45.9 Å². The fourth-order valence-corrected chi connectivity index (χ4v) is 7.42. The fraction of sp³-hybridized carbons (Fsp3) is 0.176. The predicted octanol–water partition coefficient (Wildman–Crippen LogP) is 7.99. The minimum atomic E-state index is 0.545. The van der Waals surface area contributed by atoms with Crippen LogP contribution in [-0.2, 0) is 0 Å². The lowest BCUT2D eigenvalue weighted by Gasteiger charge is -2.17. The lowest BCUT2D eigenvalue weighted by Crippen LogP contribution is -2.02. The monoisotopic (exact) mass is 594 g/mol. The van der Waals surface area contributed by atoms with Crippen molar-refractivity contribution in [2.24, 2.45) is 0 Å². The number of hydrogen-bond acceptors (Lipinski definition) is 7. The number of fused-ring (bicyclic) bond motifs is 7. The number of methoxy groups -OCH3 is 6. The summed E-state index contributed by atoms with van der Waals surface area (Å²) in [6, 6.07) is 24.9. The highest BCUT2D eigenvalue weighted by Gasteiger charge is 2.26. The number of thiophene rings is 1. The van der Waals surface area contributed by atoms with E-state index in [1.807, 2.05) is 24.3 Å². The molecule has 0 saturated heterocycles. The van der Waals surface area contributed by atoms with E-state index in [1.165, 1.54) is 9.40 Å². The Labute approximate surface area is 252 Å². The van der Waals surface area contributed by atoms with Crippen molar-refractivity contribution in [1.82, 2.24) is 9.13 Å². The Morgan fingerprint density at radius 3 is 1.14 bits per heavy atom. The van der Waals surface area contributed by atoms with Gasteiger partial charge in [0.15, 0.2) is 23.0 Å². The Morgan fingerprint density at radius 2 is 0.814 bits per heavy atom. The van der Waals surface area contributed by atoms with Crippen molar-refractivity contribution in [3.05, 3.63) is 72.8 Å². The molecule has 0 N–H and O–H groups in total. The van der Waals surface area contributed by atoms with Crippen LogP contribution in [0.2, 0.25) is 0 Å². The number of aromatic nitrogens is 2. The number of benzene rings is 4. The minimum Gasteiger partial charge on any atom is -0.493 e. The standard InChI is InChI=1S/C34H30N2O6S/c1-37-25-15-19(16-26(38-2)31(25)41-5)35-23-13-9-7-11-21(23)33-29(35)30-34(43-33)22-12-8-10-14-24(22)36(30)20-17-27(39-3)32(42-6)28(18-20)40-4/h7-18H,1-6H3. The van der Waals surface area contributed by atoms with E-state index in [0.717, 1.165) is 44.2 Å². The van der Waals surface area contributed by atoms with Crippen molar-refractivity contribution in [2.45, 2.75) is 0 Å². The maximum atomic E-state index is 5.76. The fourth-order valence-electron chi connectivity index (χ4n) is 6.09. The normalized spacial score (nSPS) is 11.5. The summed E-state index contributed by atoms with van der Waals surface area (Å²) < 4.78 is 41.3. The van der Waals surface area contributed by atoms with Gasteiger partial charge >= 0.3 is 0 Å². The highest BCUT2D eigenvalue weighted by Crippen LogP contribution is 2.50. The third-order valence-electron chi connectivity index (χ3n) is 7.90. The zero-order valence-electron chi connectivity index (χ0n) is 24.7. The van der Waals surface area contributed by atoms with Crippen LogP contribution >= 0.6 is 11.3 Å². The first-order valence-corrected chi connectivity index (χ1v) is 14.5.